The lowest BCUT2D eigenvalue weighted by Gasteiger charge is -2.42. The van der Waals surface area contributed by atoms with Crippen molar-refractivity contribution in [3.8, 4) is 0 Å². The molecule has 230 valence electrons. The number of hydrogen-bond acceptors (Lipinski definition) is 6. The first-order valence-electron chi connectivity index (χ1n) is 14.0. The molecule has 0 spiro atoms. The molecule has 0 saturated carbocycles. The van der Waals surface area contributed by atoms with E-state index in [9.17, 15) is 32.8 Å². The van der Waals surface area contributed by atoms with Crippen LogP contribution in [0.5, 0.6) is 0 Å². The van der Waals surface area contributed by atoms with E-state index in [1.165, 1.54) is 0 Å². The lowest BCUT2D eigenvalue weighted by molar-refractivity contribution is -0.849. The van der Waals surface area contributed by atoms with Crippen LogP contribution in [0.3, 0.4) is 0 Å². The van der Waals surface area contributed by atoms with Gasteiger partial charge >= 0.3 is 0 Å². The lowest BCUT2D eigenvalue weighted by Crippen LogP contribution is -2.63. The molecule has 0 saturated heterocycles. The largest absolute Gasteiger partial charge is 0.550 e. The summed E-state index contributed by atoms with van der Waals surface area (Å²) in [4.78, 5) is 24.0. The van der Waals surface area contributed by atoms with Crippen LogP contribution in [-0.4, -0.2) is 95.0 Å². The fraction of sp³-hybridized carbons (Fsp3) is 0.929. The Kier molecular flexibility index (Phi) is 20.6. The molecule has 10 heteroatoms. The second-order valence-corrected chi connectivity index (χ2v) is 14.8. The predicted octanol–water partition coefficient (Wildman–Crippen LogP) is 2.59. The second kappa shape index (κ2) is 19.0. The van der Waals surface area contributed by atoms with Crippen molar-refractivity contribution in [2.24, 2.45) is 17.8 Å². The van der Waals surface area contributed by atoms with Crippen LogP contribution in [-0.2, 0) is 19.7 Å². The third-order valence-corrected chi connectivity index (χ3v) is 7.44. The zero-order valence-electron chi connectivity index (χ0n) is 26.5. The maximum absolute atomic E-state index is 12.3. The first-order valence-corrected chi connectivity index (χ1v) is 15.4. The van der Waals surface area contributed by atoms with E-state index in [0.717, 1.165) is 34.6 Å². The number of nitrogens with zero attached hydrogens (tertiary/aromatic N) is 2. The zero-order chi connectivity index (χ0) is 31.0. The smallest absolute Gasteiger partial charge is 0.276 e. The van der Waals surface area contributed by atoms with Gasteiger partial charge in [0.2, 0.25) is 0 Å². The van der Waals surface area contributed by atoms with E-state index in [1.54, 1.807) is 6.92 Å². The highest BCUT2D eigenvalue weighted by Crippen LogP contribution is 2.40. The lowest BCUT2D eigenvalue weighted by atomic mass is 9.76. The van der Waals surface area contributed by atoms with Gasteiger partial charge < -0.3 is 28.8 Å². The van der Waals surface area contributed by atoms with E-state index in [1.807, 2.05) is 20.8 Å². The highest BCUT2D eigenvalue weighted by molar-refractivity contribution is 7.88. The van der Waals surface area contributed by atoms with Crippen molar-refractivity contribution >= 4 is 22.1 Å². The number of rotatable bonds is 16. The molecule has 0 fully saturated rings. The standard InChI is InChI=1S/C20H38O7S.2C4H12N/c1-5-9-11-15(7-3)13-17(18(21)22)20(19(23)24,28(25,26)27)14-16(8-4)12-10-6-2;2*1-5(2,3)4/h15-17H,5-14H2,1-4H3,(H,21,22)(H,23,24)(H,25,26,27);2*1-4H3/q;2*+1/p-2. The van der Waals surface area contributed by atoms with E-state index in [-0.39, 0.29) is 18.3 Å². The Morgan fingerprint density at radius 1 is 0.763 bits per heavy atom. The van der Waals surface area contributed by atoms with E-state index in [2.05, 4.69) is 56.4 Å². The molecule has 0 amide bonds. The van der Waals surface area contributed by atoms with Gasteiger partial charge in [0.1, 0.15) is 4.75 Å². The fourth-order valence-corrected chi connectivity index (χ4v) is 5.13. The Morgan fingerprint density at radius 3 is 1.34 bits per heavy atom. The SMILES string of the molecule is CCCCC(CC)CC(C(=O)[O-])C(CC(CC)CCCC)(C(=O)[O-])S(=O)(=O)O.C[N+](C)(C)C.C[N+](C)(C)C. The van der Waals surface area contributed by atoms with E-state index in [0.29, 0.717) is 25.7 Å². The van der Waals surface area contributed by atoms with Crippen LogP contribution in [0.15, 0.2) is 0 Å². The third kappa shape index (κ3) is 19.8. The summed E-state index contributed by atoms with van der Waals surface area (Å²) in [5.74, 6) is -6.26. The number of aliphatic carboxylic acids is 2. The average molecular weight is 569 g/mol. The monoisotopic (exact) mass is 568 g/mol. The van der Waals surface area contributed by atoms with Gasteiger partial charge in [0, 0.05) is 11.9 Å². The third-order valence-electron chi connectivity index (χ3n) is 5.90. The molecule has 0 aliphatic rings. The highest BCUT2D eigenvalue weighted by Gasteiger charge is 2.53. The van der Waals surface area contributed by atoms with Crippen LogP contribution in [0.1, 0.15) is 91.9 Å². The number of carbonyl (C=O) groups excluding carboxylic acids is 2. The minimum absolute atomic E-state index is 0.181. The van der Waals surface area contributed by atoms with Crippen LogP contribution < -0.4 is 10.2 Å². The molecule has 0 heterocycles. The van der Waals surface area contributed by atoms with E-state index in [4.69, 9.17) is 0 Å². The Balaban J connectivity index is -0.00000103. The number of carboxylic acid groups (broad SMARTS) is 2. The molecule has 0 radical (unpaired) electrons. The molecule has 0 rings (SSSR count). The van der Waals surface area contributed by atoms with Gasteiger partial charge in [-0.15, -0.1) is 0 Å². The van der Waals surface area contributed by atoms with Gasteiger partial charge in [0.05, 0.1) is 62.4 Å². The molecule has 0 aromatic rings. The number of hydrogen-bond donors (Lipinski definition) is 1. The molecule has 1 N–H and O–H groups in total. The van der Waals surface area contributed by atoms with Crippen LogP contribution in [0, 0.1) is 17.8 Å². The summed E-state index contributed by atoms with van der Waals surface area (Å²) in [6.07, 6.45) is 4.84. The van der Waals surface area contributed by atoms with Crippen molar-refractivity contribution < 1.29 is 41.7 Å². The maximum atomic E-state index is 12.3. The molecule has 0 bridgehead atoms. The molecule has 4 unspecified atom stereocenters. The zero-order valence-corrected chi connectivity index (χ0v) is 27.3. The van der Waals surface area contributed by atoms with E-state index >= 15 is 0 Å². The quantitative estimate of drug-likeness (QED) is 0.223. The maximum Gasteiger partial charge on any atom is 0.276 e. The molecular formula is C28H60N2O7S. The van der Waals surface area contributed by atoms with Gasteiger partial charge in [0.25, 0.3) is 10.1 Å². The first kappa shape index (κ1) is 41.3. The summed E-state index contributed by atoms with van der Waals surface area (Å²) < 4.78 is 33.6. The second-order valence-electron chi connectivity index (χ2n) is 13.2. The Bertz CT molecular complexity index is 734. The molecular weight excluding hydrogens is 508 g/mol. The summed E-state index contributed by atoms with van der Waals surface area (Å²) in [5, 5.41) is 24.0. The van der Waals surface area contributed by atoms with Crippen molar-refractivity contribution in [3.63, 3.8) is 0 Å². The van der Waals surface area contributed by atoms with Gasteiger partial charge in [-0.3, -0.25) is 4.55 Å². The molecule has 0 aromatic carbocycles. The number of carboxylic acids is 2. The van der Waals surface area contributed by atoms with Gasteiger partial charge in [-0.05, 0) is 24.7 Å². The molecule has 0 aliphatic carbocycles. The summed E-state index contributed by atoms with van der Waals surface area (Å²) in [5.41, 5.74) is 0. The normalized spacial score (nSPS) is 16.0. The Labute approximate surface area is 234 Å². The van der Waals surface area contributed by atoms with Crippen molar-refractivity contribution in [3.05, 3.63) is 0 Å². The summed E-state index contributed by atoms with van der Waals surface area (Å²) >= 11 is 0. The van der Waals surface area contributed by atoms with Gasteiger partial charge in [-0.1, -0.05) is 79.1 Å². The number of unbranched alkanes of at least 4 members (excludes halogenated alkanes) is 2. The first-order chi connectivity index (χ1) is 17.0. The predicted molar refractivity (Wildman–Crippen MR) is 152 cm³/mol. The van der Waals surface area contributed by atoms with Crippen molar-refractivity contribution in [1.29, 1.82) is 0 Å². The van der Waals surface area contributed by atoms with Crippen LogP contribution in [0.4, 0.5) is 0 Å². The molecule has 0 aliphatic heterocycles. The van der Waals surface area contributed by atoms with Gasteiger partial charge in [-0.2, -0.15) is 8.42 Å². The van der Waals surface area contributed by atoms with Crippen LogP contribution in [0.2, 0.25) is 0 Å². The highest BCUT2D eigenvalue weighted by atomic mass is 32.2. The fourth-order valence-electron chi connectivity index (χ4n) is 3.92. The van der Waals surface area contributed by atoms with Gasteiger partial charge in [-0.25, -0.2) is 0 Å². The summed E-state index contributed by atoms with van der Waals surface area (Å²) in [6.45, 7) is 7.56. The van der Waals surface area contributed by atoms with Crippen molar-refractivity contribution in [1.82, 2.24) is 0 Å². The number of quaternary nitrogens is 2. The van der Waals surface area contributed by atoms with Crippen LogP contribution >= 0.6 is 0 Å². The molecule has 38 heavy (non-hydrogen) atoms. The minimum atomic E-state index is -5.26. The minimum Gasteiger partial charge on any atom is -0.550 e. The Hall–Kier alpha value is -1.23. The summed E-state index contributed by atoms with van der Waals surface area (Å²) in [7, 11) is 11.7. The molecule has 0 aromatic heterocycles. The van der Waals surface area contributed by atoms with Gasteiger partial charge in [0.15, 0.2) is 0 Å². The Morgan fingerprint density at radius 2 is 1.11 bits per heavy atom. The van der Waals surface area contributed by atoms with Crippen LogP contribution in [0.25, 0.3) is 0 Å². The van der Waals surface area contributed by atoms with Crippen molar-refractivity contribution in [2.75, 3.05) is 56.4 Å². The topological polar surface area (TPSA) is 135 Å². The molecule has 9 nitrogen and oxygen atoms in total. The molecule has 4 atom stereocenters. The van der Waals surface area contributed by atoms with E-state index < -0.39 is 39.1 Å². The summed E-state index contributed by atoms with van der Waals surface area (Å²) in [6, 6.07) is 0. The van der Waals surface area contributed by atoms with Crippen molar-refractivity contribution in [2.45, 2.75) is 96.7 Å². The average Bonchev–Trinajstić information content (AvgIpc) is 2.71. The number of carbonyl (C=O) groups is 2.